The van der Waals surface area contributed by atoms with E-state index in [4.69, 9.17) is 25.3 Å². The third-order valence-electron chi connectivity index (χ3n) is 1.30. The van der Waals surface area contributed by atoms with Gasteiger partial charge in [-0.15, -0.1) is 0 Å². The predicted octanol–water partition coefficient (Wildman–Crippen LogP) is 0.560. The van der Waals surface area contributed by atoms with Gasteiger partial charge in [-0.3, -0.25) is 0 Å². The monoisotopic (exact) mass is 276 g/mol. The standard InChI is InChI=1S/C6H14O2.C3H3F3.BH3O3/c1-2-3-4-5-6(7)8;1-2-3(4,5)6;2-1(3)4/h6-8H,2-5H2,1H3;2H,1H2;2-4H. The van der Waals surface area contributed by atoms with Gasteiger partial charge >= 0.3 is 13.5 Å². The van der Waals surface area contributed by atoms with E-state index < -0.39 is 19.8 Å². The van der Waals surface area contributed by atoms with Gasteiger partial charge in [-0.05, 0) is 12.8 Å². The Kier molecular flexibility index (Phi) is 18.1. The van der Waals surface area contributed by atoms with Crippen LogP contribution in [0.15, 0.2) is 12.7 Å². The first-order valence-corrected chi connectivity index (χ1v) is 5.17. The molecule has 9 heteroatoms. The van der Waals surface area contributed by atoms with Gasteiger partial charge in [0.15, 0.2) is 6.29 Å². The third-order valence-corrected chi connectivity index (χ3v) is 1.30. The summed E-state index contributed by atoms with van der Waals surface area (Å²) >= 11 is 0. The SMILES string of the molecule is C=CC(F)(F)F.CCCCCC(O)O.OB(O)O. The van der Waals surface area contributed by atoms with E-state index in [0.717, 1.165) is 19.3 Å². The summed E-state index contributed by atoms with van der Waals surface area (Å²) < 4.78 is 32.0. The number of aliphatic hydroxyl groups is 2. The minimum absolute atomic E-state index is 0.0625. The van der Waals surface area contributed by atoms with Crippen molar-refractivity contribution in [1.82, 2.24) is 0 Å². The summed E-state index contributed by atoms with van der Waals surface area (Å²) in [7, 11) is -2.17. The average Bonchev–Trinajstić information content (AvgIpc) is 2.16. The van der Waals surface area contributed by atoms with Gasteiger partial charge < -0.3 is 25.3 Å². The molecule has 5 N–H and O–H groups in total. The maximum Gasteiger partial charge on any atom is 0.631 e. The second kappa shape index (κ2) is 14.5. The lowest BCUT2D eigenvalue weighted by Gasteiger charge is -1.99. The van der Waals surface area contributed by atoms with Crippen molar-refractivity contribution in [2.24, 2.45) is 0 Å². The molecule has 5 nitrogen and oxygen atoms in total. The highest BCUT2D eigenvalue weighted by Crippen LogP contribution is 2.13. The summed E-state index contributed by atoms with van der Waals surface area (Å²) in [5, 5.41) is 38.2. The molecule has 0 heterocycles. The van der Waals surface area contributed by atoms with E-state index in [1.165, 1.54) is 0 Å². The molecule has 0 aromatic heterocycles. The third kappa shape index (κ3) is 58.3. The zero-order valence-corrected chi connectivity index (χ0v) is 10.1. The maximum atomic E-state index is 10.7. The number of halogens is 3. The molecule has 0 rings (SSSR count). The molecular weight excluding hydrogens is 256 g/mol. The molecule has 0 aromatic carbocycles. The molecule has 0 bridgehead atoms. The van der Waals surface area contributed by atoms with Crippen molar-refractivity contribution in [3.8, 4) is 0 Å². The Morgan fingerprint density at radius 1 is 1.17 bits per heavy atom. The first-order chi connectivity index (χ1) is 8.06. The number of aliphatic hydroxyl groups excluding tert-OH is 1. The fourth-order valence-electron chi connectivity index (χ4n) is 0.577. The number of unbranched alkanes of at least 4 members (excludes halogenated alkanes) is 2. The summed E-state index contributed by atoms with van der Waals surface area (Å²) in [4.78, 5) is 0. The fourth-order valence-corrected chi connectivity index (χ4v) is 0.577. The Hall–Kier alpha value is -0.605. The van der Waals surface area contributed by atoms with Gasteiger partial charge in [-0.25, -0.2) is 0 Å². The minimum Gasteiger partial charge on any atom is -0.402 e. The minimum atomic E-state index is -4.19. The van der Waals surface area contributed by atoms with Crippen LogP contribution < -0.4 is 0 Å². The predicted molar refractivity (Wildman–Crippen MR) is 61.0 cm³/mol. The van der Waals surface area contributed by atoms with Crippen molar-refractivity contribution in [1.29, 1.82) is 0 Å². The molecule has 0 amide bonds. The number of hydrogen-bond donors (Lipinski definition) is 5. The molecule has 0 saturated carbocycles. The smallest absolute Gasteiger partial charge is 0.402 e. The van der Waals surface area contributed by atoms with E-state index in [1.807, 2.05) is 0 Å². The van der Waals surface area contributed by atoms with Crippen molar-refractivity contribution in [2.45, 2.75) is 45.1 Å². The van der Waals surface area contributed by atoms with E-state index in [9.17, 15) is 13.2 Å². The second-order valence-corrected chi connectivity index (χ2v) is 3.07. The van der Waals surface area contributed by atoms with Crippen molar-refractivity contribution < 1.29 is 38.5 Å². The van der Waals surface area contributed by atoms with Gasteiger partial charge in [0.05, 0.1) is 0 Å². The summed E-state index contributed by atoms with van der Waals surface area (Å²) in [5.74, 6) is 0. The molecule has 0 spiro atoms. The van der Waals surface area contributed by atoms with Crippen molar-refractivity contribution >= 4 is 7.32 Å². The summed E-state index contributed by atoms with van der Waals surface area (Å²) in [6.07, 6.45) is -1.68. The highest BCUT2D eigenvalue weighted by atomic mass is 19.4. The Labute approximate surface area is 104 Å². The molecule has 110 valence electrons. The zero-order chi connectivity index (χ0) is 15.2. The topological polar surface area (TPSA) is 101 Å². The van der Waals surface area contributed by atoms with Crippen LogP contribution in [0.2, 0.25) is 0 Å². The van der Waals surface area contributed by atoms with E-state index in [-0.39, 0.29) is 6.08 Å². The molecule has 0 aliphatic heterocycles. The van der Waals surface area contributed by atoms with Crippen LogP contribution in [0.1, 0.15) is 32.6 Å². The van der Waals surface area contributed by atoms with Gasteiger partial charge in [0.1, 0.15) is 0 Å². The zero-order valence-electron chi connectivity index (χ0n) is 10.1. The van der Waals surface area contributed by atoms with E-state index in [1.54, 1.807) is 0 Å². The summed E-state index contributed by atoms with van der Waals surface area (Å²) in [6, 6.07) is 0. The molecule has 0 unspecified atom stereocenters. The molecule has 0 aromatic rings. The second-order valence-electron chi connectivity index (χ2n) is 3.07. The Morgan fingerprint density at radius 3 is 1.67 bits per heavy atom. The van der Waals surface area contributed by atoms with Gasteiger partial charge in [0.25, 0.3) is 0 Å². The summed E-state index contributed by atoms with van der Waals surface area (Å²) in [6.45, 7) is 4.59. The molecule has 18 heavy (non-hydrogen) atoms. The van der Waals surface area contributed by atoms with Crippen LogP contribution in [0, 0.1) is 0 Å². The molecule has 0 fully saturated rings. The van der Waals surface area contributed by atoms with Crippen LogP contribution in [-0.2, 0) is 0 Å². The van der Waals surface area contributed by atoms with Gasteiger partial charge in [-0.2, -0.15) is 13.2 Å². The highest BCUT2D eigenvalue weighted by Gasteiger charge is 2.19. The van der Waals surface area contributed by atoms with E-state index in [0.29, 0.717) is 6.42 Å². The molecule has 0 radical (unpaired) electrons. The quantitative estimate of drug-likeness (QED) is 0.223. The highest BCUT2D eigenvalue weighted by molar-refractivity contribution is 6.30. The summed E-state index contributed by atoms with van der Waals surface area (Å²) in [5.41, 5.74) is 0. The van der Waals surface area contributed by atoms with Gasteiger partial charge in [0, 0.05) is 6.08 Å². The molecular formula is C9H20BF3O5. The van der Waals surface area contributed by atoms with Crippen LogP contribution in [-0.4, -0.2) is 45.1 Å². The Balaban J connectivity index is -0.000000200. The lowest BCUT2D eigenvalue weighted by atomic mass is 10.2. The van der Waals surface area contributed by atoms with Crippen molar-refractivity contribution in [3.05, 3.63) is 12.7 Å². The van der Waals surface area contributed by atoms with Crippen LogP contribution in [0.4, 0.5) is 13.2 Å². The van der Waals surface area contributed by atoms with Crippen LogP contribution in [0.5, 0.6) is 0 Å². The fraction of sp³-hybridized carbons (Fsp3) is 0.778. The number of hydrogen-bond acceptors (Lipinski definition) is 5. The van der Waals surface area contributed by atoms with Crippen LogP contribution >= 0.6 is 0 Å². The largest absolute Gasteiger partial charge is 0.631 e. The average molecular weight is 276 g/mol. The van der Waals surface area contributed by atoms with Gasteiger partial charge in [-0.1, -0.05) is 26.3 Å². The molecule has 0 saturated heterocycles. The van der Waals surface area contributed by atoms with Crippen LogP contribution in [0.3, 0.4) is 0 Å². The van der Waals surface area contributed by atoms with Crippen molar-refractivity contribution in [3.63, 3.8) is 0 Å². The van der Waals surface area contributed by atoms with Crippen LogP contribution in [0.25, 0.3) is 0 Å². The number of allylic oxidation sites excluding steroid dienone is 1. The first kappa shape index (κ1) is 22.6. The molecule has 0 aliphatic rings. The molecule has 0 aliphatic carbocycles. The van der Waals surface area contributed by atoms with E-state index in [2.05, 4.69) is 13.5 Å². The number of alkyl halides is 3. The lowest BCUT2D eigenvalue weighted by molar-refractivity contribution is -0.0795. The first-order valence-electron chi connectivity index (χ1n) is 5.17. The normalized spacial score (nSPS) is 9.89. The molecule has 0 atom stereocenters. The maximum absolute atomic E-state index is 10.7. The van der Waals surface area contributed by atoms with Crippen molar-refractivity contribution in [2.75, 3.05) is 0 Å². The van der Waals surface area contributed by atoms with Gasteiger partial charge in [0.2, 0.25) is 0 Å². The Morgan fingerprint density at radius 2 is 1.50 bits per heavy atom. The van der Waals surface area contributed by atoms with E-state index >= 15 is 0 Å². The Bertz CT molecular complexity index is 173. The number of rotatable bonds is 4. The lowest BCUT2D eigenvalue weighted by Crippen LogP contribution is -2.07.